The first kappa shape index (κ1) is 14.4. The molecule has 0 radical (unpaired) electrons. The Morgan fingerprint density at radius 2 is 1.52 bits per heavy atom. The van der Waals surface area contributed by atoms with E-state index in [0.717, 1.165) is 11.1 Å². The van der Waals surface area contributed by atoms with Crippen molar-refractivity contribution in [3.8, 4) is 0 Å². The largest absolute Gasteiger partial charge is 0.351 e. The number of halogens is 2. The number of alkyl halides is 2. The maximum Gasteiger partial charge on any atom is 0.234 e. The molecule has 21 heavy (non-hydrogen) atoms. The summed E-state index contributed by atoms with van der Waals surface area (Å²) >= 11 is 12.6. The van der Waals surface area contributed by atoms with Crippen molar-refractivity contribution in [2.45, 2.75) is 22.7 Å². The van der Waals surface area contributed by atoms with Gasteiger partial charge in [-0.15, -0.1) is 23.2 Å². The summed E-state index contributed by atoms with van der Waals surface area (Å²) < 4.78 is -1.03. The van der Waals surface area contributed by atoms with Gasteiger partial charge in [0.25, 0.3) is 0 Å². The van der Waals surface area contributed by atoms with Crippen molar-refractivity contribution in [1.82, 2.24) is 5.32 Å². The molecule has 1 fully saturated rings. The minimum Gasteiger partial charge on any atom is -0.351 e. The Balaban J connectivity index is 1.79. The van der Waals surface area contributed by atoms with E-state index in [1.807, 2.05) is 60.7 Å². The van der Waals surface area contributed by atoms with Gasteiger partial charge in [-0.2, -0.15) is 0 Å². The van der Waals surface area contributed by atoms with Crippen LogP contribution in [0.4, 0.5) is 0 Å². The van der Waals surface area contributed by atoms with Crippen molar-refractivity contribution < 1.29 is 4.79 Å². The Hall–Kier alpha value is -1.51. The number of hydrogen-bond donors (Lipinski definition) is 1. The molecule has 2 aromatic rings. The van der Waals surface area contributed by atoms with Gasteiger partial charge in [0.1, 0.15) is 9.75 Å². The quantitative estimate of drug-likeness (QED) is 0.853. The van der Waals surface area contributed by atoms with E-state index in [0.29, 0.717) is 13.0 Å². The first-order valence-electron chi connectivity index (χ1n) is 6.82. The van der Waals surface area contributed by atoms with Crippen molar-refractivity contribution in [3.05, 3.63) is 71.8 Å². The minimum absolute atomic E-state index is 0.123. The van der Waals surface area contributed by atoms with Gasteiger partial charge < -0.3 is 5.32 Å². The highest BCUT2D eigenvalue weighted by molar-refractivity contribution is 6.54. The van der Waals surface area contributed by atoms with E-state index in [1.54, 1.807) is 0 Å². The Labute approximate surface area is 134 Å². The van der Waals surface area contributed by atoms with Crippen molar-refractivity contribution in [1.29, 1.82) is 0 Å². The lowest BCUT2D eigenvalue weighted by atomic mass is 9.94. The first-order chi connectivity index (χ1) is 10.1. The van der Waals surface area contributed by atoms with Crippen LogP contribution in [-0.2, 0) is 16.8 Å². The van der Waals surface area contributed by atoms with Gasteiger partial charge in [0.2, 0.25) is 5.91 Å². The lowest BCUT2D eigenvalue weighted by molar-refractivity contribution is -0.123. The maximum absolute atomic E-state index is 12.6. The van der Waals surface area contributed by atoms with E-state index < -0.39 is 9.75 Å². The third-order valence-corrected chi connectivity index (χ3v) is 4.85. The molecule has 0 heterocycles. The molecule has 0 bridgehead atoms. The zero-order chi connectivity index (χ0) is 14.9. The zero-order valence-corrected chi connectivity index (χ0v) is 12.9. The average Bonchev–Trinajstić information content (AvgIpc) is 3.11. The SMILES string of the molecule is O=C(NCc1ccccc1)[C@]1(c2ccccc2)CC1(Cl)Cl. The van der Waals surface area contributed by atoms with Crippen LogP contribution in [0.1, 0.15) is 17.5 Å². The van der Waals surface area contributed by atoms with Gasteiger partial charge in [0.15, 0.2) is 0 Å². The molecule has 0 spiro atoms. The molecule has 1 saturated carbocycles. The van der Waals surface area contributed by atoms with E-state index in [-0.39, 0.29) is 5.91 Å². The normalized spacial score (nSPS) is 22.6. The number of carbonyl (C=O) groups is 1. The van der Waals surface area contributed by atoms with E-state index in [2.05, 4.69) is 5.32 Å². The predicted molar refractivity (Wildman–Crippen MR) is 85.5 cm³/mol. The van der Waals surface area contributed by atoms with Gasteiger partial charge in [-0.3, -0.25) is 4.79 Å². The molecule has 1 aliphatic carbocycles. The molecule has 1 aliphatic rings. The predicted octanol–water partition coefficient (Wildman–Crippen LogP) is 3.82. The third-order valence-electron chi connectivity index (χ3n) is 3.94. The second kappa shape index (κ2) is 5.36. The standard InChI is InChI=1S/C17H15Cl2NO/c18-17(19)12-16(17,14-9-5-2-6-10-14)15(21)20-11-13-7-3-1-4-8-13/h1-10H,11-12H2,(H,20,21)/t16-/m1/s1. The van der Waals surface area contributed by atoms with Gasteiger partial charge in [-0.25, -0.2) is 0 Å². The van der Waals surface area contributed by atoms with Crippen LogP contribution in [0.5, 0.6) is 0 Å². The van der Waals surface area contributed by atoms with Crippen LogP contribution in [-0.4, -0.2) is 10.2 Å². The second-order valence-electron chi connectivity index (χ2n) is 5.32. The van der Waals surface area contributed by atoms with E-state index in [9.17, 15) is 4.79 Å². The van der Waals surface area contributed by atoms with Gasteiger partial charge in [-0.1, -0.05) is 60.7 Å². The molecule has 2 nitrogen and oxygen atoms in total. The van der Waals surface area contributed by atoms with Crippen molar-refractivity contribution in [2.24, 2.45) is 0 Å². The van der Waals surface area contributed by atoms with Crippen LogP contribution >= 0.6 is 23.2 Å². The van der Waals surface area contributed by atoms with Crippen molar-refractivity contribution >= 4 is 29.1 Å². The van der Waals surface area contributed by atoms with Gasteiger partial charge in [0, 0.05) is 13.0 Å². The fourth-order valence-corrected chi connectivity index (χ4v) is 3.42. The molecule has 3 rings (SSSR count). The smallest absolute Gasteiger partial charge is 0.234 e. The van der Waals surface area contributed by atoms with Crippen LogP contribution in [0.2, 0.25) is 0 Å². The molecule has 1 amide bonds. The molecule has 0 aromatic heterocycles. The summed E-state index contributed by atoms with van der Waals surface area (Å²) in [5, 5.41) is 2.95. The average molecular weight is 320 g/mol. The highest BCUT2D eigenvalue weighted by Crippen LogP contribution is 2.64. The Morgan fingerprint density at radius 1 is 1.00 bits per heavy atom. The minimum atomic E-state index is -1.03. The van der Waals surface area contributed by atoms with Crippen LogP contribution in [0, 0.1) is 0 Å². The van der Waals surface area contributed by atoms with Gasteiger partial charge in [0.05, 0.1) is 0 Å². The topological polar surface area (TPSA) is 29.1 Å². The van der Waals surface area contributed by atoms with Crippen LogP contribution < -0.4 is 5.32 Å². The number of carbonyl (C=O) groups excluding carboxylic acids is 1. The Kier molecular flexibility index (Phi) is 3.68. The fraction of sp³-hybridized carbons (Fsp3) is 0.235. The van der Waals surface area contributed by atoms with Crippen LogP contribution in [0.25, 0.3) is 0 Å². The maximum atomic E-state index is 12.6. The van der Waals surface area contributed by atoms with E-state index >= 15 is 0 Å². The molecular formula is C17H15Cl2NO. The monoisotopic (exact) mass is 319 g/mol. The van der Waals surface area contributed by atoms with Crippen LogP contribution in [0.3, 0.4) is 0 Å². The zero-order valence-electron chi connectivity index (χ0n) is 11.4. The van der Waals surface area contributed by atoms with Crippen LogP contribution in [0.15, 0.2) is 60.7 Å². The second-order valence-corrected chi connectivity index (χ2v) is 6.80. The summed E-state index contributed by atoms with van der Waals surface area (Å²) in [6, 6.07) is 19.3. The molecule has 1 atom stereocenters. The number of benzene rings is 2. The summed E-state index contributed by atoms with van der Waals surface area (Å²) in [6.45, 7) is 0.470. The molecule has 2 aromatic carbocycles. The number of nitrogens with one attached hydrogen (secondary N) is 1. The van der Waals surface area contributed by atoms with Crippen molar-refractivity contribution in [2.75, 3.05) is 0 Å². The number of hydrogen-bond acceptors (Lipinski definition) is 1. The molecular weight excluding hydrogens is 305 g/mol. The Bertz CT molecular complexity index is 642. The molecule has 108 valence electrons. The lowest BCUT2D eigenvalue weighted by Crippen LogP contribution is -2.37. The van der Waals surface area contributed by atoms with E-state index in [4.69, 9.17) is 23.2 Å². The molecule has 4 heteroatoms. The highest BCUT2D eigenvalue weighted by Gasteiger charge is 2.72. The molecule has 0 aliphatic heterocycles. The molecule has 1 N–H and O–H groups in total. The Morgan fingerprint density at radius 3 is 2.05 bits per heavy atom. The van der Waals surface area contributed by atoms with E-state index in [1.165, 1.54) is 0 Å². The third kappa shape index (κ3) is 2.54. The van der Waals surface area contributed by atoms with Gasteiger partial charge >= 0.3 is 0 Å². The summed E-state index contributed by atoms with van der Waals surface area (Å²) in [7, 11) is 0. The van der Waals surface area contributed by atoms with Gasteiger partial charge in [-0.05, 0) is 11.1 Å². The molecule has 0 saturated heterocycles. The number of amides is 1. The fourth-order valence-electron chi connectivity index (χ4n) is 2.63. The number of rotatable bonds is 4. The summed E-state index contributed by atoms with van der Waals surface area (Å²) in [4.78, 5) is 12.6. The summed E-state index contributed by atoms with van der Waals surface area (Å²) in [6.07, 6.45) is 0.438. The summed E-state index contributed by atoms with van der Waals surface area (Å²) in [5.41, 5.74) is 1.07. The first-order valence-corrected chi connectivity index (χ1v) is 7.57. The van der Waals surface area contributed by atoms with Crippen molar-refractivity contribution in [3.63, 3.8) is 0 Å². The molecule has 0 unspecified atom stereocenters. The highest BCUT2D eigenvalue weighted by atomic mass is 35.5. The lowest BCUT2D eigenvalue weighted by Gasteiger charge is -2.18. The summed E-state index contributed by atoms with van der Waals surface area (Å²) in [5.74, 6) is -0.123.